The largest absolute Gasteiger partial charge is 0.417 e. The summed E-state index contributed by atoms with van der Waals surface area (Å²) in [5.41, 5.74) is 0.572. The molecule has 28 heavy (non-hydrogen) atoms. The van der Waals surface area contributed by atoms with E-state index in [2.05, 4.69) is 21.3 Å². The second-order valence-electron chi connectivity index (χ2n) is 7.10. The highest BCUT2D eigenvalue weighted by Crippen LogP contribution is 2.29. The minimum atomic E-state index is -4.38. The van der Waals surface area contributed by atoms with E-state index in [9.17, 15) is 18.0 Å². The average Bonchev–Trinajstić information content (AvgIpc) is 3.15. The zero-order valence-electron chi connectivity index (χ0n) is 15.3. The quantitative estimate of drug-likeness (QED) is 0.780. The number of carbonyl (C=O) groups excluding carboxylic acids is 1. The third kappa shape index (κ3) is 4.15. The number of hydrogen-bond donors (Lipinski definition) is 0. The van der Waals surface area contributed by atoms with Crippen LogP contribution in [0.1, 0.15) is 16.0 Å². The summed E-state index contributed by atoms with van der Waals surface area (Å²) >= 11 is 1.78. The predicted octanol–water partition coefficient (Wildman–Crippen LogP) is 2.87. The predicted molar refractivity (Wildman–Crippen MR) is 101 cm³/mol. The number of aromatic nitrogens is 1. The smallest absolute Gasteiger partial charge is 0.353 e. The maximum absolute atomic E-state index is 12.7. The Morgan fingerprint density at radius 3 is 2.57 bits per heavy atom. The highest BCUT2D eigenvalue weighted by atomic mass is 32.1. The summed E-state index contributed by atoms with van der Waals surface area (Å²) in [6.07, 6.45) is -2.52. The van der Waals surface area contributed by atoms with Gasteiger partial charge in [0.2, 0.25) is 5.91 Å². The van der Waals surface area contributed by atoms with Crippen molar-refractivity contribution in [3.63, 3.8) is 0 Å². The maximum Gasteiger partial charge on any atom is 0.417 e. The molecule has 0 N–H and O–H groups in total. The molecule has 0 aliphatic carbocycles. The van der Waals surface area contributed by atoms with Crippen LogP contribution in [0.3, 0.4) is 0 Å². The fraction of sp³-hybridized carbons (Fsp3) is 0.474. The molecule has 0 aromatic carbocycles. The molecule has 2 aliphatic rings. The lowest BCUT2D eigenvalue weighted by Gasteiger charge is -2.37. The summed E-state index contributed by atoms with van der Waals surface area (Å²) in [7, 11) is 0. The number of thiophene rings is 1. The zero-order valence-corrected chi connectivity index (χ0v) is 16.1. The van der Waals surface area contributed by atoms with Gasteiger partial charge in [-0.3, -0.25) is 9.69 Å². The number of halogens is 3. The van der Waals surface area contributed by atoms with E-state index in [4.69, 9.17) is 0 Å². The average molecular weight is 410 g/mol. The van der Waals surface area contributed by atoms with Crippen molar-refractivity contribution in [2.45, 2.75) is 19.1 Å². The fourth-order valence-electron chi connectivity index (χ4n) is 3.66. The number of alkyl halides is 3. The Labute approximate surface area is 165 Å². The number of rotatable bonds is 3. The minimum Gasteiger partial charge on any atom is -0.353 e. The molecule has 2 aromatic heterocycles. The van der Waals surface area contributed by atoms with Crippen LogP contribution < -0.4 is 4.90 Å². The molecule has 1 amide bonds. The lowest BCUT2D eigenvalue weighted by molar-refractivity contribution is -0.138. The van der Waals surface area contributed by atoms with Crippen LogP contribution in [-0.2, 0) is 23.9 Å². The molecular formula is C19H21F3N4OS. The Balaban J connectivity index is 1.28. The van der Waals surface area contributed by atoms with E-state index >= 15 is 0 Å². The molecule has 1 fully saturated rings. The van der Waals surface area contributed by atoms with E-state index in [0.717, 1.165) is 31.8 Å². The van der Waals surface area contributed by atoms with Crippen molar-refractivity contribution in [3.05, 3.63) is 45.8 Å². The number of carbonyl (C=O) groups is 1. The number of fused-ring (bicyclic) bond motifs is 1. The summed E-state index contributed by atoms with van der Waals surface area (Å²) in [6.45, 7) is 4.37. The highest BCUT2D eigenvalue weighted by Gasteiger charge is 2.31. The monoisotopic (exact) mass is 410 g/mol. The van der Waals surface area contributed by atoms with Crippen LogP contribution >= 0.6 is 11.3 Å². The van der Waals surface area contributed by atoms with Crippen molar-refractivity contribution in [1.82, 2.24) is 14.8 Å². The molecule has 4 heterocycles. The first-order valence-corrected chi connectivity index (χ1v) is 10.1. The van der Waals surface area contributed by atoms with Crippen LogP contribution in [0.4, 0.5) is 19.0 Å². The minimum absolute atomic E-state index is 0.110. The van der Waals surface area contributed by atoms with Gasteiger partial charge in [-0.25, -0.2) is 4.98 Å². The van der Waals surface area contributed by atoms with E-state index < -0.39 is 11.7 Å². The molecule has 0 radical (unpaired) electrons. The summed E-state index contributed by atoms with van der Waals surface area (Å²) in [5.74, 6) is 0.625. The first kappa shape index (κ1) is 19.2. The molecule has 5 nitrogen and oxygen atoms in total. The summed E-state index contributed by atoms with van der Waals surface area (Å²) in [4.78, 5) is 23.9. The van der Waals surface area contributed by atoms with Gasteiger partial charge in [0.25, 0.3) is 0 Å². The van der Waals surface area contributed by atoms with Crippen molar-refractivity contribution >= 4 is 23.1 Å². The number of anilines is 1. The van der Waals surface area contributed by atoms with Crippen LogP contribution in [0.25, 0.3) is 0 Å². The van der Waals surface area contributed by atoms with Crippen molar-refractivity contribution in [2.75, 3.05) is 44.2 Å². The first-order valence-electron chi connectivity index (χ1n) is 9.24. The summed E-state index contributed by atoms with van der Waals surface area (Å²) < 4.78 is 38.0. The van der Waals surface area contributed by atoms with Gasteiger partial charge in [0.05, 0.1) is 12.1 Å². The van der Waals surface area contributed by atoms with E-state index in [1.165, 1.54) is 16.5 Å². The molecule has 150 valence electrons. The lowest BCUT2D eigenvalue weighted by atomic mass is 10.1. The second kappa shape index (κ2) is 7.71. The standard InChI is InChI=1S/C19H21F3N4OS/c20-19(21,22)15-1-2-17(23-11-15)25-6-8-26(9-7-25)18(27)13-24-5-3-16-14(12-24)4-10-28-16/h1-2,4,10-11H,3,5-9,12-13H2. The van der Waals surface area contributed by atoms with Gasteiger partial charge < -0.3 is 9.80 Å². The molecule has 0 bridgehead atoms. The van der Waals surface area contributed by atoms with Gasteiger partial charge >= 0.3 is 6.18 Å². The van der Waals surface area contributed by atoms with Crippen LogP contribution in [-0.4, -0.2) is 60.0 Å². The van der Waals surface area contributed by atoms with Gasteiger partial charge in [0, 0.05) is 50.3 Å². The Kier molecular flexibility index (Phi) is 5.29. The van der Waals surface area contributed by atoms with E-state index in [-0.39, 0.29) is 5.91 Å². The van der Waals surface area contributed by atoms with Gasteiger partial charge in [-0.1, -0.05) is 0 Å². The molecule has 9 heteroatoms. The SMILES string of the molecule is O=C(CN1CCc2sccc2C1)N1CCN(c2ccc(C(F)(F)F)cn2)CC1. The fourth-order valence-corrected chi connectivity index (χ4v) is 4.55. The summed E-state index contributed by atoms with van der Waals surface area (Å²) in [6, 6.07) is 4.58. The Hall–Kier alpha value is -2.13. The first-order chi connectivity index (χ1) is 13.4. The van der Waals surface area contributed by atoms with Crippen molar-refractivity contribution in [1.29, 1.82) is 0 Å². The van der Waals surface area contributed by atoms with Crippen LogP contribution in [0, 0.1) is 0 Å². The summed E-state index contributed by atoms with van der Waals surface area (Å²) in [5, 5.41) is 2.10. The molecule has 0 spiro atoms. The van der Waals surface area contributed by atoms with Gasteiger partial charge in [0.1, 0.15) is 5.82 Å². The molecule has 4 rings (SSSR count). The molecule has 0 atom stereocenters. The van der Waals surface area contributed by atoms with Gasteiger partial charge in [0.15, 0.2) is 0 Å². The number of piperazine rings is 1. The van der Waals surface area contributed by atoms with E-state index in [1.54, 1.807) is 11.3 Å². The molecule has 0 unspecified atom stereocenters. The number of amides is 1. The number of hydrogen-bond acceptors (Lipinski definition) is 5. The Morgan fingerprint density at radius 1 is 1.11 bits per heavy atom. The molecule has 2 aromatic rings. The third-order valence-corrected chi connectivity index (χ3v) is 6.30. The van der Waals surface area contributed by atoms with E-state index in [0.29, 0.717) is 38.5 Å². The Bertz CT molecular complexity index is 828. The van der Waals surface area contributed by atoms with Crippen molar-refractivity contribution < 1.29 is 18.0 Å². The zero-order chi connectivity index (χ0) is 19.7. The topological polar surface area (TPSA) is 39.7 Å². The normalized spacial score (nSPS) is 18.2. The second-order valence-corrected chi connectivity index (χ2v) is 8.10. The third-order valence-electron chi connectivity index (χ3n) is 5.28. The molecule has 1 saturated heterocycles. The number of pyridine rings is 1. The van der Waals surface area contributed by atoms with Gasteiger partial charge in [-0.15, -0.1) is 11.3 Å². The van der Waals surface area contributed by atoms with Gasteiger partial charge in [-0.05, 0) is 35.6 Å². The van der Waals surface area contributed by atoms with Gasteiger partial charge in [-0.2, -0.15) is 13.2 Å². The Morgan fingerprint density at radius 2 is 1.89 bits per heavy atom. The van der Waals surface area contributed by atoms with Crippen molar-refractivity contribution in [3.8, 4) is 0 Å². The lowest BCUT2D eigenvalue weighted by Crippen LogP contribution is -2.51. The van der Waals surface area contributed by atoms with Crippen molar-refractivity contribution in [2.24, 2.45) is 0 Å². The van der Waals surface area contributed by atoms with Crippen LogP contribution in [0.15, 0.2) is 29.8 Å². The highest BCUT2D eigenvalue weighted by molar-refractivity contribution is 7.10. The maximum atomic E-state index is 12.7. The van der Waals surface area contributed by atoms with Crippen LogP contribution in [0.2, 0.25) is 0 Å². The number of nitrogens with zero attached hydrogens (tertiary/aromatic N) is 4. The molecule has 0 saturated carbocycles. The van der Waals surface area contributed by atoms with Crippen LogP contribution in [0.5, 0.6) is 0 Å². The molecular weight excluding hydrogens is 389 g/mol. The molecule has 2 aliphatic heterocycles. The van der Waals surface area contributed by atoms with E-state index in [1.807, 2.05) is 9.80 Å².